The molecule has 1 saturated carbocycles. The highest BCUT2D eigenvalue weighted by Gasteiger charge is 2.45. The number of benzene rings is 1. The van der Waals surface area contributed by atoms with Crippen LogP contribution in [0.1, 0.15) is 44.6 Å². The summed E-state index contributed by atoms with van der Waals surface area (Å²) in [6, 6.07) is 5.84. The predicted molar refractivity (Wildman–Crippen MR) is 115 cm³/mol. The maximum atomic E-state index is 13.3. The van der Waals surface area contributed by atoms with Crippen molar-refractivity contribution in [3.05, 3.63) is 29.8 Å². The molecule has 178 valence electrons. The number of hydrogen-bond donors (Lipinski definition) is 3. The first-order valence-corrected chi connectivity index (χ1v) is 10.7. The van der Waals surface area contributed by atoms with Crippen molar-refractivity contribution < 1.29 is 38.8 Å². The van der Waals surface area contributed by atoms with E-state index < -0.39 is 41.5 Å². The maximum Gasteiger partial charge on any atom is 0.326 e. The monoisotopic (exact) mass is 451 g/mol. The van der Waals surface area contributed by atoms with E-state index in [1.165, 1.54) is 7.11 Å². The lowest BCUT2D eigenvalue weighted by atomic mass is 9.76. The van der Waals surface area contributed by atoms with Crippen molar-refractivity contribution in [2.24, 2.45) is 11.3 Å². The van der Waals surface area contributed by atoms with E-state index in [0.29, 0.717) is 18.6 Å². The third kappa shape index (κ3) is 6.93. The quantitative estimate of drug-likeness (QED) is 0.390. The van der Waals surface area contributed by atoms with Gasteiger partial charge in [-0.3, -0.25) is 9.59 Å². The van der Waals surface area contributed by atoms with Crippen molar-refractivity contribution in [1.29, 1.82) is 0 Å². The zero-order chi connectivity index (χ0) is 23.7. The van der Waals surface area contributed by atoms with Crippen LogP contribution < -0.4 is 10.1 Å². The molecule has 3 N–H and O–H groups in total. The zero-order valence-corrected chi connectivity index (χ0v) is 18.8. The number of nitrogens with one attached hydrogen (secondary N) is 1. The van der Waals surface area contributed by atoms with Crippen molar-refractivity contribution in [2.75, 3.05) is 20.8 Å². The first kappa shape index (κ1) is 25.6. The van der Waals surface area contributed by atoms with Gasteiger partial charge in [0, 0.05) is 13.5 Å². The van der Waals surface area contributed by atoms with Gasteiger partial charge in [0.15, 0.2) is 6.29 Å². The molecule has 1 aliphatic rings. The molecular formula is C23H33NO8. The number of carboxylic acid groups (broad SMARTS) is 2. The molecule has 2 rings (SSSR count). The average molecular weight is 452 g/mol. The fourth-order valence-electron chi connectivity index (χ4n) is 4.09. The van der Waals surface area contributed by atoms with Crippen LogP contribution in [0.2, 0.25) is 0 Å². The third-order valence-corrected chi connectivity index (χ3v) is 6.10. The van der Waals surface area contributed by atoms with Crippen molar-refractivity contribution in [3.8, 4) is 5.75 Å². The second-order valence-corrected chi connectivity index (χ2v) is 8.28. The van der Waals surface area contributed by atoms with Crippen LogP contribution in [0.4, 0.5) is 0 Å². The Labute approximate surface area is 188 Å². The van der Waals surface area contributed by atoms with E-state index in [1.807, 2.05) is 0 Å². The lowest BCUT2D eigenvalue weighted by molar-refractivity contribution is -0.157. The molecule has 0 radical (unpaired) electrons. The fraction of sp³-hybridized carbons (Fsp3) is 0.609. The minimum absolute atomic E-state index is 0.0828. The topological polar surface area (TPSA) is 131 Å². The molecule has 3 atom stereocenters. The number of ether oxygens (including phenoxy) is 3. The van der Waals surface area contributed by atoms with Gasteiger partial charge in [0.2, 0.25) is 5.91 Å². The SMILES string of the molecule is COc1ccc(C[C@H](NC(=O)C2(CC(COC(C)OC)C(=O)O)CCCC2)C(=O)O)cc1. The molecule has 0 heterocycles. The lowest BCUT2D eigenvalue weighted by Crippen LogP contribution is -2.49. The molecule has 0 aliphatic heterocycles. The predicted octanol–water partition coefficient (Wildman–Crippen LogP) is 2.47. The summed E-state index contributed by atoms with van der Waals surface area (Å²) in [7, 11) is 3.00. The Morgan fingerprint density at radius 2 is 1.69 bits per heavy atom. The van der Waals surface area contributed by atoms with Gasteiger partial charge in [0.1, 0.15) is 11.8 Å². The summed E-state index contributed by atoms with van der Waals surface area (Å²) in [4.78, 5) is 36.9. The van der Waals surface area contributed by atoms with Gasteiger partial charge in [-0.2, -0.15) is 0 Å². The molecule has 0 aromatic heterocycles. The van der Waals surface area contributed by atoms with E-state index in [1.54, 1.807) is 38.3 Å². The van der Waals surface area contributed by atoms with E-state index in [4.69, 9.17) is 14.2 Å². The molecule has 9 nitrogen and oxygen atoms in total. The number of methoxy groups -OCH3 is 2. The zero-order valence-electron chi connectivity index (χ0n) is 18.8. The Hall–Kier alpha value is -2.65. The Kier molecular flexibility index (Phi) is 9.46. The summed E-state index contributed by atoms with van der Waals surface area (Å²) < 4.78 is 15.5. The highest BCUT2D eigenvalue weighted by molar-refractivity contribution is 5.88. The van der Waals surface area contributed by atoms with Crippen LogP contribution in [0.25, 0.3) is 0 Å². The molecule has 1 aliphatic carbocycles. The molecule has 9 heteroatoms. The van der Waals surface area contributed by atoms with Gasteiger partial charge < -0.3 is 29.7 Å². The van der Waals surface area contributed by atoms with Crippen LogP contribution in [0.5, 0.6) is 5.75 Å². The van der Waals surface area contributed by atoms with Crippen LogP contribution in [0.3, 0.4) is 0 Å². The molecule has 0 saturated heterocycles. The minimum atomic E-state index is -1.14. The van der Waals surface area contributed by atoms with Crippen LogP contribution in [0.15, 0.2) is 24.3 Å². The van der Waals surface area contributed by atoms with E-state index in [-0.39, 0.29) is 19.4 Å². The lowest BCUT2D eigenvalue weighted by Gasteiger charge is -2.32. The molecule has 1 amide bonds. The van der Waals surface area contributed by atoms with Gasteiger partial charge in [0.25, 0.3) is 0 Å². The van der Waals surface area contributed by atoms with Crippen LogP contribution in [-0.2, 0) is 30.3 Å². The Balaban J connectivity index is 2.13. The smallest absolute Gasteiger partial charge is 0.326 e. The second-order valence-electron chi connectivity index (χ2n) is 8.28. The summed E-state index contributed by atoms with van der Waals surface area (Å²) in [5, 5.41) is 22.0. The molecule has 0 bridgehead atoms. The van der Waals surface area contributed by atoms with Gasteiger partial charge in [-0.05, 0) is 43.9 Å². The van der Waals surface area contributed by atoms with Gasteiger partial charge >= 0.3 is 11.9 Å². The summed E-state index contributed by atoms with van der Waals surface area (Å²) in [6.07, 6.45) is 2.22. The van der Waals surface area contributed by atoms with E-state index in [0.717, 1.165) is 18.4 Å². The van der Waals surface area contributed by atoms with Gasteiger partial charge in [-0.15, -0.1) is 0 Å². The first-order valence-electron chi connectivity index (χ1n) is 10.7. The molecular weight excluding hydrogens is 418 g/mol. The van der Waals surface area contributed by atoms with E-state index in [9.17, 15) is 24.6 Å². The Morgan fingerprint density at radius 1 is 1.06 bits per heavy atom. The normalized spacial score (nSPS) is 17.8. The Morgan fingerprint density at radius 3 is 2.19 bits per heavy atom. The highest BCUT2D eigenvalue weighted by Crippen LogP contribution is 2.44. The van der Waals surface area contributed by atoms with Crippen molar-refractivity contribution in [1.82, 2.24) is 5.32 Å². The fourth-order valence-corrected chi connectivity index (χ4v) is 4.09. The molecule has 2 unspecified atom stereocenters. The summed E-state index contributed by atoms with van der Waals surface area (Å²) >= 11 is 0. The van der Waals surface area contributed by atoms with Crippen LogP contribution in [0, 0.1) is 11.3 Å². The molecule has 32 heavy (non-hydrogen) atoms. The maximum absolute atomic E-state index is 13.3. The van der Waals surface area contributed by atoms with Crippen molar-refractivity contribution in [2.45, 2.75) is 57.8 Å². The number of carbonyl (C=O) groups is 3. The number of hydrogen-bond acceptors (Lipinski definition) is 6. The molecule has 1 aromatic rings. The Bertz CT molecular complexity index is 773. The highest BCUT2D eigenvalue weighted by atomic mass is 16.7. The minimum Gasteiger partial charge on any atom is -0.497 e. The molecule has 1 aromatic carbocycles. The number of carbonyl (C=O) groups excluding carboxylic acids is 1. The van der Waals surface area contributed by atoms with Gasteiger partial charge in [0.05, 0.1) is 25.0 Å². The van der Waals surface area contributed by atoms with Gasteiger partial charge in [-0.1, -0.05) is 25.0 Å². The van der Waals surface area contributed by atoms with Gasteiger partial charge in [-0.25, -0.2) is 4.79 Å². The van der Waals surface area contributed by atoms with Crippen molar-refractivity contribution >= 4 is 17.8 Å². The van der Waals surface area contributed by atoms with Crippen LogP contribution in [-0.4, -0.2) is 61.2 Å². The summed E-state index contributed by atoms with van der Waals surface area (Å²) in [5.41, 5.74) is -0.194. The standard InChI is InChI=1S/C23H33NO8/c1-15(30-2)32-14-17(20(25)26)13-23(10-4-5-11-23)22(29)24-19(21(27)28)12-16-6-8-18(31-3)9-7-16/h6-9,15,17,19H,4-5,10-14H2,1-3H3,(H,24,29)(H,25,26)(H,27,28)/t15?,17?,19-/m0/s1. The molecule has 0 spiro atoms. The van der Waals surface area contributed by atoms with Crippen LogP contribution >= 0.6 is 0 Å². The third-order valence-electron chi connectivity index (χ3n) is 6.10. The number of aliphatic carboxylic acids is 2. The van der Waals surface area contributed by atoms with E-state index >= 15 is 0 Å². The molecule has 1 fully saturated rings. The first-order chi connectivity index (χ1) is 15.2. The number of rotatable bonds is 13. The van der Waals surface area contributed by atoms with Crippen molar-refractivity contribution in [3.63, 3.8) is 0 Å². The largest absolute Gasteiger partial charge is 0.497 e. The summed E-state index contributed by atoms with van der Waals surface area (Å²) in [6.45, 7) is 1.57. The summed E-state index contributed by atoms with van der Waals surface area (Å²) in [5.74, 6) is -2.86. The van der Waals surface area contributed by atoms with E-state index in [2.05, 4.69) is 5.32 Å². The number of amides is 1. The second kappa shape index (κ2) is 11.8. The number of carboxylic acids is 2. The average Bonchev–Trinajstić information content (AvgIpc) is 3.26.